The van der Waals surface area contributed by atoms with Crippen LogP contribution in [0.15, 0.2) is 24.3 Å². The van der Waals surface area contributed by atoms with Gasteiger partial charge in [-0.05, 0) is 25.0 Å². The van der Waals surface area contributed by atoms with Gasteiger partial charge in [0.25, 0.3) is 0 Å². The summed E-state index contributed by atoms with van der Waals surface area (Å²) in [7, 11) is 0. The lowest BCUT2D eigenvalue weighted by atomic mass is 10.0. The summed E-state index contributed by atoms with van der Waals surface area (Å²) in [6, 6.07) is 0. The number of carbonyl (C=O) groups excluding carboxylic acids is 1. The molecule has 1 nitrogen and oxygen atoms in total. The van der Waals surface area contributed by atoms with Crippen LogP contribution in [-0.4, -0.2) is 5.78 Å². The fourth-order valence-electron chi connectivity index (χ4n) is 0.627. The Labute approximate surface area is 68.8 Å². The highest BCUT2D eigenvalue weighted by Crippen LogP contribution is 2.05. The van der Waals surface area contributed by atoms with Crippen LogP contribution in [0.3, 0.4) is 0 Å². The summed E-state index contributed by atoms with van der Waals surface area (Å²) in [5, 5.41) is 0. The topological polar surface area (TPSA) is 17.1 Å². The standard InChI is InChI=1S/C10H16O/c1-5-8(3)7-10(11)9(4)6-2/h5,7,9H,1,6H2,2-4H3/b8-7+. The molecule has 11 heavy (non-hydrogen) atoms. The molecule has 0 spiro atoms. The molecule has 0 saturated carbocycles. The third-order valence-electron chi connectivity index (χ3n) is 1.79. The summed E-state index contributed by atoms with van der Waals surface area (Å²) in [5.41, 5.74) is 0.940. The number of hydrogen-bond acceptors (Lipinski definition) is 1. The predicted octanol–water partition coefficient (Wildman–Crippen LogP) is 2.73. The van der Waals surface area contributed by atoms with Crippen LogP contribution in [0.25, 0.3) is 0 Å². The van der Waals surface area contributed by atoms with Crippen LogP contribution < -0.4 is 0 Å². The molecule has 0 aromatic carbocycles. The van der Waals surface area contributed by atoms with Crippen LogP contribution in [0.2, 0.25) is 0 Å². The lowest BCUT2D eigenvalue weighted by Crippen LogP contribution is -2.06. The van der Waals surface area contributed by atoms with Gasteiger partial charge >= 0.3 is 0 Å². The molecule has 1 atom stereocenters. The number of carbonyl (C=O) groups is 1. The Morgan fingerprint density at radius 2 is 2.18 bits per heavy atom. The zero-order valence-electron chi connectivity index (χ0n) is 7.55. The van der Waals surface area contributed by atoms with Gasteiger partial charge in [-0.2, -0.15) is 0 Å². The molecule has 0 aromatic heterocycles. The van der Waals surface area contributed by atoms with E-state index < -0.39 is 0 Å². The summed E-state index contributed by atoms with van der Waals surface area (Å²) in [6.07, 6.45) is 4.25. The van der Waals surface area contributed by atoms with Crippen molar-refractivity contribution in [3.8, 4) is 0 Å². The van der Waals surface area contributed by atoms with Crippen molar-refractivity contribution < 1.29 is 4.79 Å². The third kappa shape index (κ3) is 3.76. The smallest absolute Gasteiger partial charge is 0.158 e. The molecular weight excluding hydrogens is 136 g/mol. The molecule has 0 amide bonds. The largest absolute Gasteiger partial charge is 0.295 e. The number of hydrogen-bond donors (Lipinski definition) is 0. The number of rotatable bonds is 4. The first-order valence-corrected chi connectivity index (χ1v) is 3.96. The third-order valence-corrected chi connectivity index (χ3v) is 1.79. The first-order valence-electron chi connectivity index (χ1n) is 3.96. The minimum atomic E-state index is 0.143. The van der Waals surface area contributed by atoms with Gasteiger partial charge in [-0.25, -0.2) is 0 Å². The molecule has 0 aliphatic carbocycles. The Hall–Kier alpha value is -0.850. The Bertz CT molecular complexity index is 177. The molecule has 0 aromatic rings. The molecule has 0 aliphatic heterocycles. The first kappa shape index (κ1) is 10.2. The molecule has 0 fully saturated rings. The summed E-state index contributed by atoms with van der Waals surface area (Å²) in [4.78, 5) is 11.2. The van der Waals surface area contributed by atoms with E-state index in [0.717, 1.165) is 12.0 Å². The van der Waals surface area contributed by atoms with E-state index in [4.69, 9.17) is 0 Å². The second kappa shape index (κ2) is 4.89. The van der Waals surface area contributed by atoms with Crippen LogP contribution >= 0.6 is 0 Å². The summed E-state index contributed by atoms with van der Waals surface area (Å²) < 4.78 is 0. The second-order valence-corrected chi connectivity index (χ2v) is 2.80. The highest BCUT2D eigenvalue weighted by Gasteiger charge is 2.06. The molecule has 62 valence electrons. The molecule has 0 aliphatic rings. The van der Waals surface area contributed by atoms with Crippen molar-refractivity contribution in [2.75, 3.05) is 0 Å². The molecule has 0 bridgehead atoms. The zero-order valence-corrected chi connectivity index (χ0v) is 7.55. The monoisotopic (exact) mass is 152 g/mol. The van der Waals surface area contributed by atoms with Gasteiger partial charge in [0.05, 0.1) is 0 Å². The highest BCUT2D eigenvalue weighted by molar-refractivity contribution is 5.92. The SMILES string of the molecule is C=C/C(C)=C/C(=O)C(C)CC. The van der Waals surface area contributed by atoms with Crippen molar-refractivity contribution in [2.24, 2.45) is 5.92 Å². The maximum Gasteiger partial charge on any atom is 0.158 e. The van der Waals surface area contributed by atoms with Gasteiger partial charge in [-0.15, -0.1) is 0 Å². The van der Waals surface area contributed by atoms with E-state index in [1.54, 1.807) is 12.2 Å². The predicted molar refractivity (Wildman–Crippen MR) is 48.4 cm³/mol. The quantitative estimate of drug-likeness (QED) is 0.447. The van der Waals surface area contributed by atoms with Gasteiger partial charge in [0.2, 0.25) is 0 Å². The first-order chi connectivity index (χ1) is 5.11. The van der Waals surface area contributed by atoms with Gasteiger partial charge in [0.15, 0.2) is 5.78 Å². The van der Waals surface area contributed by atoms with Crippen molar-refractivity contribution in [3.63, 3.8) is 0 Å². The fourth-order valence-corrected chi connectivity index (χ4v) is 0.627. The molecule has 0 rings (SSSR count). The van der Waals surface area contributed by atoms with Gasteiger partial charge in [0.1, 0.15) is 0 Å². The van der Waals surface area contributed by atoms with Crippen LogP contribution in [0.5, 0.6) is 0 Å². The lowest BCUT2D eigenvalue weighted by molar-refractivity contribution is -0.117. The van der Waals surface area contributed by atoms with Crippen molar-refractivity contribution in [2.45, 2.75) is 27.2 Å². The molecule has 0 heterocycles. The van der Waals surface area contributed by atoms with Gasteiger partial charge in [-0.1, -0.05) is 26.5 Å². The highest BCUT2D eigenvalue weighted by atomic mass is 16.1. The maximum absolute atomic E-state index is 11.2. The van der Waals surface area contributed by atoms with E-state index in [9.17, 15) is 4.79 Å². The van der Waals surface area contributed by atoms with E-state index in [1.807, 2.05) is 20.8 Å². The summed E-state index contributed by atoms with van der Waals surface area (Å²) >= 11 is 0. The van der Waals surface area contributed by atoms with E-state index >= 15 is 0 Å². The van der Waals surface area contributed by atoms with Crippen LogP contribution in [0.1, 0.15) is 27.2 Å². The summed E-state index contributed by atoms with van der Waals surface area (Å²) in [6.45, 7) is 9.41. The van der Waals surface area contributed by atoms with Crippen LogP contribution in [-0.2, 0) is 4.79 Å². The lowest BCUT2D eigenvalue weighted by Gasteiger charge is -2.02. The Morgan fingerprint density at radius 1 is 1.64 bits per heavy atom. The molecular formula is C10H16O. The van der Waals surface area contributed by atoms with Crippen LogP contribution in [0.4, 0.5) is 0 Å². The minimum absolute atomic E-state index is 0.143. The van der Waals surface area contributed by atoms with Crippen molar-refractivity contribution in [3.05, 3.63) is 24.3 Å². The van der Waals surface area contributed by atoms with E-state index in [1.165, 1.54) is 0 Å². The van der Waals surface area contributed by atoms with Crippen LogP contribution in [0, 0.1) is 5.92 Å². The van der Waals surface area contributed by atoms with Crippen molar-refractivity contribution >= 4 is 5.78 Å². The summed E-state index contributed by atoms with van der Waals surface area (Å²) in [5.74, 6) is 0.342. The second-order valence-electron chi connectivity index (χ2n) is 2.80. The van der Waals surface area contributed by atoms with Crippen molar-refractivity contribution in [1.29, 1.82) is 0 Å². The maximum atomic E-state index is 11.2. The number of allylic oxidation sites excluding steroid dienone is 3. The van der Waals surface area contributed by atoms with E-state index in [0.29, 0.717) is 0 Å². The van der Waals surface area contributed by atoms with E-state index in [-0.39, 0.29) is 11.7 Å². The molecule has 1 heteroatoms. The number of ketones is 1. The Morgan fingerprint density at radius 3 is 2.55 bits per heavy atom. The molecule has 0 saturated heterocycles. The molecule has 0 radical (unpaired) electrons. The minimum Gasteiger partial charge on any atom is -0.295 e. The van der Waals surface area contributed by atoms with Gasteiger partial charge in [0, 0.05) is 5.92 Å². The molecule has 1 unspecified atom stereocenters. The zero-order chi connectivity index (χ0) is 8.85. The van der Waals surface area contributed by atoms with Crippen molar-refractivity contribution in [1.82, 2.24) is 0 Å². The Balaban J connectivity index is 4.16. The van der Waals surface area contributed by atoms with E-state index in [2.05, 4.69) is 6.58 Å². The average Bonchev–Trinajstić information content (AvgIpc) is 2.02. The fraction of sp³-hybridized carbons (Fsp3) is 0.500. The molecule has 0 N–H and O–H groups in total. The van der Waals surface area contributed by atoms with Gasteiger partial charge in [-0.3, -0.25) is 4.79 Å². The Kier molecular flexibility index (Phi) is 4.51. The average molecular weight is 152 g/mol. The van der Waals surface area contributed by atoms with Gasteiger partial charge < -0.3 is 0 Å². The normalized spacial score (nSPS) is 14.3.